The molecule has 0 radical (unpaired) electrons. The van der Waals surface area contributed by atoms with E-state index in [9.17, 15) is 0 Å². The fourth-order valence-electron chi connectivity index (χ4n) is 18.5. The summed E-state index contributed by atoms with van der Waals surface area (Å²) in [6.45, 7) is 5.30. The second kappa shape index (κ2) is 29.8. The Morgan fingerprint density at radius 2 is 0.670 bits per heavy atom. The van der Waals surface area contributed by atoms with Crippen LogP contribution in [0.4, 0.5) is 0 Å². The van der Waals surface area contributed by atoms with Crippen LogP contribution in [0.1, 0.15) is 146 Å². The molecule has 2 aliphatic carbocycles. The smallest absolute Gasteiger partial charge is 0.216 e. The third-order valence-corrected chi connectivity index (χ3v) is 24.5. The van der Waals surface area contributed by atoms with E-state index in [1.807, 2.05) is 78.7 Å². The predicted molar refractivity (Wildman–Crippen MR) is 476 cm³/mol. The molecule has 0 saturated heterocycles. The molecule has 20 aromatic rings. The van der Waals surface area contributed by atoms with Crippen LogP contribution in [0.3, 0.4) is 0 Å². The summed E-state index contributed by atoms with van der Waals surface area (Å²) in [4.78, 5) is 0. The Labute approximate surface area is 684 Å². The summed E-state index contributed by atoms with van der Waals surface area (Å²) in [5.41, 5.74) is 22.9. The first kappa shape index (κ1) is 62.9. The first-order chi connectivity index (χ1) is 59.5. The van der Waals surface area contributed by atoms with Crippen molar-refractivity contribution in [1.29, 1.82) is 0 Å². The monoisotopic (exact) mass is 1510 g/mol. The Morgan fingerprint density at radius 1 is 0.339 bits per heavy atom. The minimum Gasteiger partial charge on any atom is -0.455 e. The zero-order valence-electron chi connectivity index (χ0n) is 75.7. The molecule has 12 aromatic carbocycles. The summed E-state index contributed by atoms with van der Waals surface area (Å²) >= 11 is 0. The maximum absolute atomic E-state index is 9.15. The fourth-order valence-corrected chi connectivity index (χ4v) is 18.5. The normalized spacial score (nSPS) is 16.0. The maximum atomic E-state index is 9.15. The predicted octanol–water partition coefficient (Wildman–Crippen LogP) is 27.3. The van der Waals surface area contributed by atoms with Gasteiger partial charge in [0.15, 0.2) is 24.8 Å². The van der Waals surface area contributed by atoms with E-state index in [2.05, 4.69) is 238 Å². The van der Waals surface area contributed by atoms with Crippen molar-refractivity contribution in [3.05, 3.63) is 312 Å². The van der Waals surface area contributed by atoms with Crippen molar-refractivity contribution in [3.8, 4) is 45.0 Å². The number of rotatable bonds is 7. The van der Waals surface area contributed by atoms with Crippen molar-refractivity contribution in [3.63, 3.8) is 0 Å². The lowest BCUT2D eigenvalue weighted by Crippen LogP contribution is -2.31. The molecule has 2 fully saturated rings. The van der Waals surface area contributed by atoms with Crippen molar-refractivity contribution in [2.24, 2.45) is 28.2 Å². The van der Waals surface area contributed by atoms with Gasteiger partial charge in [0.2, 0.25) is 22.8 Å². The summed E-state index contributed by atoms with van der Waals surface area (Å²) in [5, 5.41) is 18.6. The first-order valence-electron chi connectivity index (χ1n) is 44.9. The molecule has 22 rings (SSSR count). The summed E-state index contributed by atoms with van der Waals surface area (Å²) in [6.07, 6.45) is 17.2. The number of benzene rings is 12. The SMILES string of the molecule is [2H]C([2H])([2H])C([2H])(C)c1ccc(-c2c(C)ccc3c2oc2ccc4ccccc4c23)[n+](C)c1.[2H]C([2H])([2H])c1ccc(-c2c(C)ccc3c2oc2ccc4ccccc4c23)[n+](C)c1.[2H]C1(c2cc[n+](C)c(-c3c(C)ccc4c3oc3ccc5ccccc5c34)c2)CCCC1.[2H]C1(c2cc[n+](C)c(-c3c(C)ccc4c3oc3ccc5ccccc5c34)c2)CCCCC1. The molecule has 1 atom stereocenters. The summed E-state index contributed by atoms with van der Waals surface area (Å²) < 4.78 is 107. The number of hydrogen-bond donors (Lipinski definition) is 0. The average Bonchev–Trinajstić information content (AvgIpc) is 1.59. The molecule has 1 unspecified atom stereocenters. The van der Waals surface area contributed by atoms with E-state index in [4.69, 9.17) is 30.0 Å². The lowest BCUT2D eigenvalue weighted by atomic mass is 9.84. The summed E-state index contributed by atoms with van der Waals surface area (Å²) in [6, 6.07) is 83.4. The first-order valence-corrected chi connectivity index (χ1v) is 40.4. The van der Waals surface area contributed by atoms with Crippen molar-refractivity contribution >= 4 is 131 Å². The third-order valence-electron chi connectivity index (χ3n) is 24.5. The van der Waals surface area contributed by atoms with Gasteiger partial charge in [-0.05, 0) is 191 Å². The zero-order valence-corrected chi connectivity index (χ0v) is 66.7. The second-order valence-corrected chi connectivity index (χ2v) is 31.8. The largest absolute Gasteiger partial charge is 0.455 e. The van der Waals surface area contributed by atoms with E-state index in [0.717, 1.165) is 201 Å². The van der Waals surface area contributed by atoms with Crippen LogP contribution >= 0.6 is 0 Å². The molecule has 115 heavy (non-hydrogen) atoms. The van der Waals surface area contributed by atoms with E-state index in [0.29, 0.717) is 11.1 Å². The quantitative estimate of drug-likeness (QED) is 0.149. The van der Waals surface area contributed by atoms with Gasteiger partial charge in [-0.1, -0.05) is 216 Å². The van der Waals surface area contributed by atoms with Crippen molar-refractivity contribution < 1.29 is 48.3 Å². The molecule has 8 nitrogen and oxygen atoms in total. The van der Waals surface area contributed by atoms with E-state index >= 15 is 0 Å². The van der Waals surface area contributed by atoms with Gasteiger partial charge in [0, 0.05) is 103 Å². The molecular formula is C107H98N4O4+4. The van der Waals surface area contributed by atoms with Crippen LogP contribution in [0.25, 0.3) is 176 Å². The molecule has 2 aliphatic rings. The van der Waals surface area contributed by atoms with E-state index in [-0.39, 0.29) is 0 Å². The standard InChI is InChI=1S/C29H28NO.C28H26NO.C26H24NO.C24H20NO/c1-19-12-14-24-28-23-11-7-6-10-21(23)13-15-26(28)31-29(24)27(19)25-18-22(16-17-30(25)2)20-8-4-3-5-9-20;1-18-11-13-23-27-22-10-6-5-9-20(22)12-14-25(27)30-28(23)26(18)24-17-21(15-16-29(24)2)19-7-3-4-8-19;1-16(2)19-10-13-22(27(4)15-19)24-17(3)9-12-21-25-20-8-6-5-7-18(20)11-14-23(25)28-26(21)24;1-15-8-12-20(25(3)14-15)22-16(2)9-11-19-23-18-7-5-4-6-17(18)10-13-21(23)26-24(19)22/h6-7,10-18,20H,3-5,8-9H2,1-2H3;5-6,9-17,19H,3-4,7-8H2,1-2H3;5-16H,1-4H3;4-14H,1-3H3/q4*+1/i20D;19D;1D3,16D;1D3. The van der Waals surface area contributed by atoms with E-state index in [1.54, 1.807) is 24.5 Å². The van der Waals surface area contributed by atoms with Gasteiger partial charge in [-0.15, -0.1) is 0 Å². The van der Waals surface area contributed by atoms with Crippen LogP contribution in [0.15, 0.2) is 285 Å². The Morgan fingerprint density at radius 3 is 1.01 bits per heavy atom. The molecule has 2 saturated carbocycles. The minimum absolute atomic E-state index is 0.323. The zero-order chi connectivity index (χ0) is 86.2. The van der Waals surface area contributed by atoms with Gasteiger partial charge >= 0.3 is 0 Å². The minimum atomic E-state index is -2.42. The van der Waals surface area contributed by atoms with Crippen molar-refractivity contribution in [2.75, 3.05) is 0 Å². The van der Waals surface area contributed by atoms with E-state index < -0.39 is 31.4 Å². The van der Waals surface area contributed by atoms with Crippen LogP contribution in [-0.4, -0.2) is 0 Å². The number of furan rings is 4. The highest BCUT2D eigenvalue weighted by Crippen LogP contribution is 2.47. The molecule has 8 heterocycles. The number of nitrogens with zero attached hydrogens (tertiary/aromatic N) is 4. The topological polar surface area (TPSA) is 68.1 Å². The Balaban J connectivity index is 0.000000108. The number of pyridine rings is 4. The number of hydrogen-bond acceptors (Lipinski definition) is 4. The molecule has 566 valence electrons. The Bertz CT molecular complexity index is 7700. The van der Waals surface area contributed by atoms with Crippen molar-refractivity contribution in [2.45, 2.75) is 124 Å². The molecule has 0 bridgehead atoms. The van der Waals surface area contributed by atoms with E-state index in [1.165, 1.54) is 72.9 Å². The Kier molecular flexibility index (Phi) is 16.3. The molecule has 0 spiro atoms. The van der Waals surface area contributed by atoms with Crippen molar-refractivity contribution in [1.82, 2.24) is 0 Å². The van der Waals surface area contributed by atoms with Crippen LogP contribution in [0, 0.1) is 34.5 Å². The van der Waals surface area contributed by atoms with Crippen LogP contribution < -0.4 is 18.3 Å². The van der Waals surface area contributed by atoms with Gasteiger partial charge in [0.25, 0.3) is 0 Å². The number of aromatic nitrogens is 4. The molecule has 0 N–H and O–H groups in total. The highest BCUT2D eigenvalue weighted by Gasteiger charge is 2.30. The molecule has 0 amide bonds. The summed E-state index contributed by atoms with van der Waals surface area (Å²) in [7, 11) is 7.93. The average molecular weight is 1510 g/mol. The van der Waals surface area contributed by atoms with Gasteiger partial charge < -0.3 is 17.7 Å². The molecule has 0 aliphatic heterocycles. The Hall–Kier alpha value is -12.5. The maximum Gasteiger partial charge on any atom is 0.216 e. The third kappa shape index (κ3) is 12.9. The molecule has 8 heteroatoms. The second-order valence-electron chi connectivity index (χ2n) is 31.8. The van der Waals surface area contributed by atoms with Crippen LogP contribution in [0.2, 0.25) is 0 Å². The van der Waals surface area contributed by atoms with Gasteiger partial charge in [0.05, 0.1) is 22.3 Å². The molecule has 8 aromatic heterocycles. The highest BCUT2D eigenvalue weighted by atomic mass is 16.3. The number of aryl methyl sites for hydroxylation is 9. The highest BCUT2D eigenvalue weighted by molar-refractivity contribution is 6.24. The van der Waals surface area contributed by atoms with Crippen LogP contribution in [-0.2, 0) is 28.2 Å². The van der Waals surface area contributed by atoms with Gasteiger partial charge in [-0.25, -0.2) is 18.3 Å². The van der Waals surface area contributed by atoms with Gasteiger partial charge in [-0.2, -0.15) is 0 Å². The lowest BCUT2D eigenvalue weighted by molar-refractivity contribution is -0.660. The van der Waals surface area contributed by atoms with Gasteiger partial charge in [0.1, 0.15) is 72.9 Å². The van der Waals surface area contributed by atoms with Crippen LogP contribution in [0.5, 0.6) is 0 Å². The van der Waals surface area contributed by atoms with Gasteiger partial charge in [-0.3, -0.25) is 0 Å². The summed E-state index contributed by atoms with van der Waals surface area (Å²) in [5.74, 6) is -2.63. The molecular weight excluding hydrogens is 1410 g/mol. The number of fused-ring (bicyclic) bond motifs is 20. The lowest BCUT2D eigenvalue weighted by Gasteiger charge is -2.21. The fraction of sp³-hybridized carbons (Fsp3) is 0.215.